The van der Waals surface area contributed by atoms with Gasteiger partial charge in [0.15, 0.2) is 6.61 Å². The zero-order valence-corrected chi connectivity index (χ0v) is 14.2. The summed E-state index contributed by atoms with van der Waals surface area (Å²) in [5.74, 6) is 1.91. The van der Waals surface area contributed by atoms with Crippen LogP contribution in [-0.4, -0.2) is 22.7 Å². The van der Waals surface area contributed by atoms with Crippen molar-refractivity contribution in [2.24, 2.45) is 0 Å². The lowest BCUT2D eigenvalue weighted by Gasteiger charge is -2.06. The molecule has 0 aliphatic rings. The van der Waals surface area contributed by atoms with E-state index in [4.69, 9.17) is 18.4 Å². The van der Waals surface area contributed by atoms with Gasteiger partial charge in [-0.3, -0.25) is 0 Å². The van der Waals surface area contributed by atoms with Gasteiger partial charge in [0.2, 0.25) is 5.82 Å². The van der Waals surface area contributed by atoms with Crippen molar-refractivity contribution in [3.05, 3.63) is 53.3 Å². The standard InChI is InChI=1S/C18H18N2O5/c1-4-22-15-8-6-5-7-13(15)17-19-16(25-20-17)10-23-18(21)14-9-11(2)24-12(14)3/h5-9H,4,10H2,1-3H3. The Balaban J connectivity index is 1.70. The minimum atomic E-state index is -0.496. The van der Waals surface area contributed by atoms with Crippen molar-refractivity contribution in [1.29, 1.82) is 0 Å². The number of hydrogen-bond acceptors (Lipinski definition) is 7. The molecule has 3 aromatic rings. The van der Waals surface area contributed by atoms with Crippen LogP contribution in [0.4, 0.5) is 0 Å². The van der Waals surface area contributed by atoms with E-state index >= 15 is 0 Å². The zero-order valence-electron chi connectivity index (χ0n) is 14.2. The first-order chi connectivity index (χ1) is 12.1. The molecule has 7 nitrogen and oxygen atoms in total. The Bertz CT molecular complexity index is 881. The van der Waals surface area contributed by atoms with Crippen LogP contribution >= 0.6 is 0 Å². The molecule has 0 saturated carbocycles. The molecule has 0 aliphatic carbocycles. The Morgan fingerprint density at radius 1 is 1.24 bits per heavy atom. The van der Waals surface area contributed by atoms with Gasteiger partial charge in [0.05, 0.1) is 12.2 Å². The highest BCUT2D eigenvalue weighted by atomic mass is 16.6. The SMILES string of the molecule is CCOc1ccccc1-c1noc(COC(=O)c2cc(C)oc2C)n1. The van der Waals surface area contributed by atoms with Gasteiger partial charge in [0, 0.05) is 0 Å². The van der Waals surface area contributed by atoms with E-state index in [-0.39, 0.29) is 12.5 Å². The van der Waals surface area contributed by atoms with Crippen LogP contribution < -0.4 is 4.74 Å². The van der Waals surface area contributed by atoms with Gasteiger partial charge in [-0.1, -0.05) is 17.3 Å². The molecule has 0 radical (unpaired) electrons. The lowest BCUT2D eigenvalue weighted by molar-refractivity contribution is 0.0428. The van der Waals surface area contributed by atoms with Gasteiger partial charge in [0.1, 0.15) is 22.8 Å². The second-order valence-corrected chi connectivity index (χ2v) is 5.34. The lowest BCUT2D eigenvalue weighted by atomic mass is 10.2. The maximum Gasteiger partial charge on any atom is 0.342 e. The van der Waals surface area contributed by atoms with Crippen LogP contribution in [0.3, 0.4) is 0 Å². The van der Waals surface area contributed by atoms with Crippen LogP contribution in [0.1, 0.15) is 34.7 Å². The number of aromatic nitrogens is 2. The zero-order chi connectivity index (χ0) is 17.8. The molecular weight excluding hydrogens is 324 g/mol. The molecular formula is C18H18N2O5. The van der Waals surface area contributed by atoms with Crippen LogP contribution in [0, 0.1) is 13.8 Å². The third-order valence-electron chi connectivity index (χ3n) is 3.48. The number of carbonyl (C=O) groups excluding carboxylic acids is 1. The van der Waals surface area contributed by atoms with Gasteiger partial charge in [-0.05, 0) is 39.0 Å². The highest BCUT2D eigenvalue weighted by Crippen LogP contribution is 2.27. The van der Waals surface area contributed by atoms with E-state index in [1.54, 1.807) is 19.9 Å². The van der Waals surface area contributed by atoms with E-state index in [1.807, 2.05) is 31.2 Å². The molecule has 2 heterocycles. The lowest BCUT2D eigenvalue weighted by Crippen LogP contribution is -2.05. The number of nitrogens with zero attached hydrogens (tertiary/aromatic N) is 2. The molecule has 0 N–H and O–H groups in total. The predicted octanol–water partition coefficient (Wildman–Crippen LogP) is 3.70. The summed E-state index contributed by atoms with van der Waals surface area (Å²) in [5, 5.41) is 3.93. The normalized spacial score (nSPS) is 10.7. The minimum Gasteiger partial charge on any atom is -0.493 e. The molecule has 2 aromatic heterocycles. The van der Waals surface area contributed by atoms with Crippen molar-refractivity contribution in [2.75, 3.05) is 6.61 Å². The molecule has 0 aliphatic heterocycles. The van der Waals surface area contributed by atoms with Crippen molar-refractivity contribution >= 4 is 5.97 Å². The fourth-order valence-corrected chi connectivity index (χ4v) is 2.39. The first-order valence-electron chi connectivity index (χ1n) is 7.87. The summed E-state index contributed by atoms with van der Waals surface area (Å²) in [6.07, 6.45) is 0. The maximum atomic E-state index is 12.1. The Labute approximate surface area is 144 Å². The van der Waals surface area contributed by atoms with E-state index in [2.05, 4.69) is 10.1 Å². The van der Waals surface area contributed by atoms with Crippen molar-refractivity contribution in [3.8, 4) is 17.1 Å². The fourth-order valence-electron chi connectivity index (χ4n) is 2.39. The summed E-state index contributed by atoms with van der Waals surface area (Å²) in [6, 6.07) is 9.03. The number of ether oxygens (including phenoxy) is 2. The summed E-state index contributed by atoms with van der Waals surface area (Å²) >= 11 is 0. The molecule has 3 rings (SSSR count). The molecule has 0 atom stereocenters. The molecule has 0 spiro atoms. The summed E-state index contributed by atoms with van der Waals surface area (Å²) in [6.45, 7) is 5.79. The quantitative estimate of drug-likeness (QED) is 0.631. The van der Waals surface area contributed by atoms with Crippen LogP contribution in [0.15, 0.2) is 39.3 Å². The number of rotatable bonds is 6. The second kappa shape index (κ2) is 7.21. The third kappa shape index (κ3) is 3.71. The average Bonchev–Trinajstić information content (AvgIpc) is 3.20. The molecule has 0 amide bonds. The predicted molar refractivity (Wildman–Crippen MR) is 88.2 cm³/mol. The number of furan rings is 1. The summed E-state index contributed by atoms with van der Waals surface area (Å²) < 4.78 is 21.2. The molecule has 7 heteroatoms. The van der Waals surface area contributed by atoms with Gasteiger partial charge in [-0.2, -0.15) is 4.98 Å². The smallest absolute Gasteiger partial charge is 0.342 e. The number of carbonyl (C=O) groups is 1. The molecule has 0 unspecified atom stereocenters. The number of hydrogen-bond donors (Lipinski definition) is 0. The number of benzene rings is 1. The number of aryl methyl sites for hydroxylation is 2. The average molecular weight is 342 g/mol. The minimum absolute atomic E-state index is 0.119. The van der Waals surface area contributed by atoms with Crippen LogP contribution in [0.2, 0.25) is 0 Å². The number of para-hydroxylation sites is 1. The van der Waals surface area contributed by atoms with E-state index in [0.29, 0.717) is 40.8 Å². The first-order valence-corrected chi connectivity index (χ1v) is 7.87. The Hall–Kier alpha value is -3.09. The summed E-state index contributed by atoms with van der Waals surface area (Å²) in [7, 11) is 0. The van der Waals surface area contributed by atoms with E-state index in [1.165, 1.54) is 0 Å². The van der Waals surface area contributed by atoms with Gasteiger partial charge in [-0.25, -0.2) is 4.79 Å². The van der Waals surface area contributed by atoms with Gasteiger partial charge in [0.25, 0.3) is 5.89 Å². The van der Waals surface area contributed by atoms with Crippen LogP contribution in [-0.2, 0) is 11.3 Å². The van der Waals surface area contributed by atoms with Gasteiger partial charge in [-0.15, -0.1) is 0 Å². The molecule has 0 fully saturated rings. The topological polar surface area (TPSA) is 87.6 Å². The summed E-state index contributed by atoms with van der Waals surface area (Å²) in [4.78, 5) is 16.3. The largest absolute Gasteiger partial charge is 0.493 e. The van der Waals surface area contributed by atoms with E-state index < -0.39 is 5.97 Å². The highest BCUT2D eigenvalue weighted by molar-refractivity contribution is 5.90. The van der Waals surface area contributed by atoms with Gasteiger partial charge >= 0.3 is 5.97 Å². The van der Waals surface area contributed by atoms with Crippen molar-refractivity contribution < 1.29 is 23.2 Å². The Morgan fingerprint density at radius 2 is 2.04 bits per heavy atom. The van der Waals surface area contributed by atoms with Crippen LogP contribution in [0.25, 0.3) is 11.4 Å². The third-order valence-corrected chi connectivity index (χ3v) is 3.48. The van der Waals surface area contributed by atoms with E-state index in [0.717, 1.165) is 0 Å². The monoisotopic (exact) mass is 342 g/mol. The van der Waals surface area contributed by atoms with Crippen molar-refractivity contribution in [2.45, 2.75) is 27.4 Å². The first kappa shape index (κ1) is 16.8. The van der Waals surface area contributed by atoms with Crippen molar-refractivity contribution in [3.63, 3.8) is 0 Å². The fraction of sp³-hybridized carbons (Fsp3) is 0.278. The highest BCUT2D eigenvalue weighted by Gasteiger charge is 2.18. The van der Waals surface area contributed by atoms with Gasteiger partial charge < -0.3 is 18.4 Å². The Kier molecular flexibility index (Phi) is 4.83. The van der Waals surface area contributed by atoms with Crippen molar-refractivity contribution in [1.82, 2.24) is 10.1 Å². The molecule has 130 valence electrons. The molecule has 0 bridgehead atoms. The van der Waals surface area contributed by atoms with E-state index in [9.17, 15) is 4.79 Å². The summed E-state index contributed by atoms with van der Waals surface area (Å²) in [5.41, 5.74) is 1.10. The van der Waals surface area contributed by atoms with Crippen LogP contribution in [0.5, 0.6) is 5.75 Å². The maximum absolute atomic E-state index is 12.1. The molecule has 25 heavy (non-hydrogen) atoms. The Morgan fingerprint density at radius 3 is 2.76 bits per heavy atom. The number of esters is 1. The molecule has 1 aromatic carbocycles. The second-order valence-electron chi connectivity index (χ2n) is 5.34. The molecule has 0 saturated heterocycles.